The van der Waals surface area contributed by atoms with Gasteiger partial charge in [0.2, 0.25) is 10.0 Å². The number of hydrogen-bond acceptors (Lipinski definition) is 5. The Labute approximate surface area is 174 Å². The van der Waals surface area contributed by atoms with Crippen molar-refractivity contribution in [2.75, 3.05) is 13.4 Å². The minimum Gasteiger partial charge on any atom is -0.497 e. The lowest BCUT2D eigenvalue weighted by Gasteiger charge is -2.22. The minimum atomic E-state index is -3.59. The molecule has 0 amide bonds. The Kier molecular flexibility index (Phi) is 4.96. The highest BCUT2D eigenvalue weighted by molar-refractivity contribution is 7.88. The van der Waals surface area contributed by atoms with Crippen LogP contribution in [-0.2, 0) is 10.0 Å². The third-order valence-corrected chi connectivity index (χ3v) is 6.28. The minimum absolute atomic E-state index is 0.254. The maximum atomic E-state index is 12.4. The Bertz CT molecular complexity index is 1220. The van der Waals surface area contributed by atoms with Gasteiger partial charge in [-0.05, 0) is 30.7 Å². The number of hydrazone groups is 1. The fourth-order valence-corrected chi connectivity index (χ4v) is 4.62. The lowest BCUT2D eigenvalue weighted by molar-refractivity contribution is 0.374. The van der Waals surface area contributed by atoms with E-state index in [1.165, 1.54) is 0 Å². The number of pyridine rings is 1. The summed E-state index contributed by atoms with van der Waals surface area (Å²) in [5, 5.41) is 5.53. The highest BCUT2D eigenvalue weighted by Gasteiger charge is 2.36. The molecule has 6 nitrogen and oxygen atoms in total. The molecular weight excluding hydrogens is 410 g/mol. The molecule has 1 aromatic heterocycles. The summed E-state index contributed by atoms with van der Waals surface area (Å²) in [4.78, 5) is 4.47. The molecular formula is C21H20ClN3O3S. The van der Waals surface area contributed by atoms with Crippen LogP contribution in [0.3, 0.4) is 0 Å². The number of sulfonamides is 1. The molecule has 0 unspecified atom stereocenters. The summed E-state index contributed by atoms with van der Waals surface area (Å²) < 4.78 is 31.3. The monoisotopic (exact) mass is 429 g/mol. The van der Waals surface area contributed by atoms with Crippen LogP contribution >= 0.6 is 11.6 Å². The molecule has 150 valence electrons. The van der Waals surface area contributed by atoms with Gasteiger partial charge in [-0.3, -0.25) is 0 Å². The largest absolute Gasteiger partial charge is 0.497 e. The topological polar surface area (TPSA) is 71.9 Å². The third-order valence-electron chi connectivity index (χ3n) is 4.96. The molecule has 1 aliphatic rings. The van der Waals surface area contributed by atoms with E-state index in [4.69, 9.17) is 16.3 Å². The molecule has 2 aromatic carbocycles. The molecule has 0 radical (unpaired) electrons. The Morgan fingerprint density at radius 3 is 2.52 bits per heavy atom. The van der Waals surface area contributed by atoms with E-state index in [1.54, 1.807) is 13.2 Å². The van der Waals surface area contributed by atoms with Gasteiger partial charge >= 0.3 is 0 Å². The molecule has 0 saturated carbocycles. The van der Waals surface area contributed by atoms with Crippen molar-refractivity contribution in [2.45, 2.75) is 19.4 Å². The maximum absolute atomic E-state index is 12.4. The lowest BCUT2D eigenvalue weighted by Crippen LogP contribution is -2.26. The van der Waals surface area contributed by atoms with Crippen LogP contribution in [-0.4, -0.2) is 36.9 Å². The number of aromatic nitrogens is 1. The third kappa shape index (κ3) is 3.80. The Hall–Kier alpha value is -2.64. The van der Waals surface area contributed by atoms with Crippen LogP contribution in [0.2, 0.25) is 5.15 Å². The van der Waals surface area contributed by atoms with Crippen molar-refractivity contribution in [2.24, 2.45) is 5.10 Å². The number of rotatable bonds is 4. The van der Waals surface area contributed by atoms with Crippen LogP contribution in [0.1, 0.15) is 29.2 Å². The van der Waals surface area contributed by atoms with Gasteiger partial charge in [0.05, 0.1) is 30.6 Å². The number of fused-ring (bicyclic) bond motifs is 1. The number of hydrogen-bond donors (Lipinski definition) is 0. The number of methoxy groups -OCH3 is 1. The molecule has 0 fully saturated rings. The first kappa shape index (κ1) is 19.7. The number of halogens is 1. The fraction of sp³-hybridized carbons (Fsp3) is 0.238. The maximum Gasteiger partial charge on any atom is 0.247 e. The molecule has 4 rings (SSSR count). The predicted molar refractivity (Wildman–Crippen MR) is 115 cm³/mol. The van der Waals surface area contributed by atoms with E-state index in [-0.39, 0.29) is 5.15 Å². The second kappa shape index (κ2) is 7.31. The van der Waals surface area contributed by atoms with Crippen LogP contribution in [0, 0.1) is 6.92 Å². The molecule has 0 spiro atoms. The number of nitrogens with zero attached hydrogens (tertiary/aromatic N) is 3. The van der Waals surface area contributed by atoms with Crippen LogP contribution in [0.5, 0.6) is 5.75 Å². The first-order valence-corrected chi connectivity index (χ1v) is 11.3. The number of benzene rings is 2. The van der Waals surface area contributed by atoms with Crippen molar-refractivity contribution in [3.8, 4) is 5.75 Å². The van der Waals surface area contributed by atoms with E-state index in [2.05, 4.69) is 10.1 Å². The van der Waals surface area contributed by atoms with E-state index in [1.807, 2.05) is 49.4 Å². The molecule has 8 heteroatoms. The van der Waals surface area contributed by atoms with Crippen molar-refractivity contribution < 1.29 is 13.2 Å². The molecule has 0 bridgehead atoms. The van der Waals surface area contributed by atoms with E-state index >= 15 is 0 Å². The first-order valence-electron chi connectivity index (χ1n) is 9.04. The second-order valence-electron chi connectivity index (χ2n) is 7.10. The van der Waals surface area contributed by atoms with Crippen LogP contribution in [0.4, 0.5) is 0 Å². The van der Waals surface area contributed by atoms with Crippen LogP contribution in [0.25, 0.3) is 10.9 Å². The summed E-state index contributed by atoms with van der Waals surface area (Å²) in [7, 11) is -2.00. The summed E-state index contributed by atoms with van der Waals surface area (Å²) >= 11 is 6.48. The quantitative estimate of drug-likeness (QED) is 0.579. The highest BCUT2D eigenvalue weighted by atomic mass is 35.5. The summed E-state index contributed by atoms with van der Waals surface area (Å²) in [6.45, 7) is 2.00. The van der Waals surface area contributed by atoms with Gasteiger partial charge in [0.15, 0.2) is 0 Å². The Morgan fingerprint density at radius 1 is 1.14 bits per heavy atom. The molecule has 29 heavy (non-hydrogen) atoms. The van der Waals surface area contributed by atoms with Gasteiger partial charge < -0.3 is 4.74 Å². The number of aryl methyl sites for hydroxylation is 1. The van der Waals surface area contributed by atoms with E-state index in [0.29, 0.717) is 29.0 Å². The Balaban J connectivity index is 1.79. The zero-order chi connectivity index (χ0) is 20.8. The SMILES string of the molecule is COc1ccc2cc([C@H]3CC(c4ccc(C)cc4)=NN3S(C)(=O)=O)c(Cl)nc2c1. The van der Waals surface area contributed by atoms with Crippen molar-refractivity contribution in [1.82, 2.24) is 9.40 Å². The van der Waals surface area contributed by atoms with Crippen molar-refractivity contribution >= 4 is 38.2 Å². The van der Waals surface area contributed by atoms with Crippen LogP contribution in [0.15, 0.2) is 53.6 Å². The average molecular weight is 430 g/mol. The molecule has 1 aliphatic heterocycles. The van der Waals surface area contributed by atoms with Gasteiger partial charge in [-0.2, -0.15) is 9.52 Å². The molecule has 1 atom stereocenters. The van der Waals surface area contributed by atoms with Crippen molar-refractivity contribution in [3.05, 3.63) is 70.4 Å². The standard InChI is InChI=1S/C21H20ClN3O3S/c1-13-4-6-14(7-5-13)19-12-20(25(24-19)29(3,26)27)17-10-15-8-9-16(28-2)11-18(15)23-21(17)22/h4-11,20H,12H2,1-3H3/t20-/m1/s1. The van der Waals surface area contributed by atoms with Crippen molar-refractivity contribution in [3.63, 3.8) is 0 Å². The molecule has 2 heterocycles. The van der Waals surface area contributed by atoms with Gasteiger partial charge in [0.1, 0.15) is 10.9 Å². The average Bonchev–Trinajstić information content (AvgIpc) is 3.13. The van der Waals surface area contributed by atoms with E-state index < -0.39 is 16.1 Å². The second-order valence-corrected chi connectivity index (χ2v) is 9.29. The predicted octanol–water partition coefficient (Wildman–Crippen LogP) is 4.32. The molecule has 3 aromatic rings. The van der Waals surface area contributed by atoms with Gasteiger partial charge in [-0.15, -0.1) is 0 Å². The molecule has 0 saturated heterocycles. The Morgan fingerprint density at radius 2 is 1.86 bits per heavy atom. The van der Waals surface area contributed by atoms with Gasteiger partial charge in [-0.1, -0.05) is 41.4 Å². The summed E-state index contributed by atoms with van der Waals surface area (Å²) in [5.74, 6) is 0.678. The number of ether oxygens (including phenoxy) is 1. The van der Waals surface area contributed by atoms with E-state index in [0.717, 1.165) is 27.2 Å². The zero-order valence-electron chi connectivity index (χ0n) is 16.3. The summed E-state index contributed by atoms with van der Waals surface area (Å²) in [5.41, 5.74) is 4.02. The fourth-order valence-electron chi connectivity index (χ4n) is 3.45. The molecule has 0 N–H and O–H groups in total. The smallest absolute Gasteiger partial charge is 0.247 e. The summed E-state index contributed by atoms with van der Waals surface area (Å²) in [6, 6.07) is 14.7. The highest BCUT2D eigenvalue weighted by Crippen LogP contribution is 2.38. The van der Waals surface area contributed by atoms with Crippen molar-refractivity contribution in [1.29, 1.82) is 0 Å². The van der Waals surface area contributed by atoms with Gasteiger partial charge in [0, 0.05) is 23.4 Å². The van der Waals surface area contributed by atoms with Gasteiger partial charge in [-0.25, -0.2) is 13.4 Å². The zero-order valence-corrected chi connectivity index (χ0v) is 17.8. The van der Waals surface area contributed by atoms with E-state index in [9.17, 15) is 8.42 Å². The first-order chi connectivity index (χ1) is 13.8. The van der Waals surface area contributed by atoms with Crippen LogP contribution < -0.4 is 4.74 Å². The normalized spacial score (nSPS) is 16.9. The summed E-state index contributed by atoms with van der Waals surface area (Å²) in [6.07, 6.45) is 1.56. The molecule has 0 aliphatic carbocycles. The van der Waals surface area contributed by atoms with Gasteiger partial charge in [0.25, 0.3) is 0 Å². The lowest BCUT2D eigenvalue weighted by atomic mass is 9.98.